The first kappa shape index (κ1) is 13.8. The molecule has 1 aromatic carbocycles. The molecule has 1 heterocycles. The number of nitrogens with zero attached hydrogens (tertiary/aromatic N) is 4. The summed E-state index contributed by atoms with van der Waals surface area (Å²) in [5, 5.41) is 14.4. The van der Waals surface area contributed by atoms with Gasteiger partial charge in [0.25, 0.3) is 0 Å². The van der Waals surface area contributed by atoms with Crippen LogP contribution in [0.5, 0.6) is 0 Å². The maximum Gasteiger partial charge on any atom is 0.242 e. The Hall–Kier alpha value is -1.66. The van der Waals surface area contributed by atoms with Crippen molar-refractivity contribution >= 4 is 29.1 Å². The largest absolute Gasteiger partial charge is 0.348 e. The van der Waals surface area contributed by atoms with Gasteiger partial charge in [0, 0.05) is 10.0 Å². The minimum Gasteiger partial charge on any atom is -0.348 e. The molecule has 0 aliphatic rings. The van der Waals surface area contributed by atoms with Crippen LogP contribution in [0, 0.1) is 0 Å². The fourth-order valence-electron chi connectivity index (χ4n) is 1.62. The second-order valence-electron chi connectivity index (χ2n) is 3.96. The lowest BCUT2D eigenvalue weighted by molar-refractivity contribution is -0.122. The maximum absolute atomic E-state index is 11.8. The first-order valence-corrected chi connectivity index (χ1v) is 6.27. The molecule has 1 atom stereocenters. The highest BCUT2D eigenvalue weighted by molar-refractivity contribution is 6.35. The van der Waals surface area contributed by atoms with Crippen LogP contribution < -0.4 is 5.32 Å². The second kappa shape index (κ2) is 5.99. The second-order valence-corrected chi connectivity index (χ2v) is 4.81. The number of hydrogen-bond donors (Lipinski definition) is 1. The molecule has 2 aromatic rings. The molecule has 19 heavy (non-hydrogen) atoms. The number of benzene rings is 1. The Balaban J connectivity index is 2.00. The highest BCUT2D eigenvalue weighted by atomic mass is 35.5. The van der Waals surface area contributed by atoms with Crippen molar-refractivity contribution in [3.63, 3.8) is 0 Å². The minimum absolute atomic E-state index is 0.0581. The van der Waals surface area contributed by atoms with Gasteiger partial charge in [0.15, 0.2) is 0 Å². The van der Waals surface area contributed by atoms with Gasteiger partial charge in [-0.2, -0.15) is 0 Å². The SMILES string of the molecule is C[C@@H](NC(=O)Cn1cnnn1)c1ccc(Cl)cc1Cl. The third kappa shape index (κ3) is 3.65. The zero-order chi connectivity index (χ0) is 13.8. The number of nitrogens with one attached hydrogen (secondary N) is 1. The molecule has 0 saturated carbocycles. The summed E-state index contributed by atoms with van der Waals surface area (Å²) in [5.74, 6) is -0.203. The number of aromatic nitrogens is 4. The number of halogens is 2. The van der Waals surface area contributed by atoms with E-state index in [2.05, 4.69) is 20.8 Å². The molecule has 0 spiro atoms. The molecular weight excluding hydrogens is 289 g/mol. The van der Waals surface area contributed by atoms with Gasteiger partial charge in [-0.15, -0.1) is 5.10 Å². The van der Waals surface area contributed by atoms with Crippen LogP contribution in [0.25, 0.3) is 0 Å². The highest BCUT2D eigenvalue weighted by Crippen LogP contribution is 2.25. The lowest BCUT2D eigenvalue weighted by Gasteiger charge is -2.15. The van der Waals surface area contributed by atoms with E-state index >= 15 is 0 Å². The van der Waals surface area contributed by atoms with E-state index in [9.17, 15) is 4.79 Å². The first-order valence-electron chi connectivity index (χ1n) is 5.51. The van der Waals surface area contributed by atoms with Gasteiger partial charge in [0.05, 0.1) is 6.04 Å². The Kier molecular flexibility index (Phi) is 4.34. The van der Waals surface area contributed by atoms with Gasteiger partial charge in [0.2, 0.25) is 5.91 Å². The van der Waals surface area contributed by atoms with Gasteiger partial charge in [-0.3, -0.25) is 4.79 Å². The summed E-state index contributed by atoms with van der Waals surface area (Å²) < 4.78 is 1.34. The van der Waals surface area contributed by atoms with Crippen molar-refractivity contribution in [2.24, 2.45) is 0 Å². The average molecular weight is 300 g/mol. The molecule has 0 radical (unpaired) electrons. The third-order valence-electron chi connectivity index (χ3n) is 2.50. The van der Waals surface area contributed by atoms with Gasteiger partial charge in [-0.1, -0.05) is 29.3 Å². The van der Waals surface area contributed by atoms with Crippen molar-refractivity contribution in [3.8, 4) is 0 Å². The van der Waals surface area contributed by atoms with Crippen LogP contribution >= 0.6 is 23.2 Å². The molecule has 8 heteroatoms. The predicted octanol–water partition coefficient (Wildman–Crippen LogP) is 1.86. The van der Waals surface area contributed by atoms with E-state index in [1.807, 2.05) is 6.92 Å². The molecule has 0 saturated heterocycles. The van der Waals surface area contributed by atoms with Gasteiger partial charge in [-0.05, 0) is 35.0 Å². The Bertz CT molecular complexity index is 572. The van der Waals surface area contributed by atoms with Crippen molar-refractivity contribution in [3.05, 3.63) is 40.1 Å². The topological polar surface area (TPSA) is 72.7 Å². The fourth-order valence-corrected chi connectivity index (χ4v) is 2.19. The summed E-state index contributed by atoms with van der Waals surface area (Å²) in [6.45, 7) is 1.90. The van der Waals surface area contributed by atoms with Crippen LogP contribution in [0.3, 0.4) is 0 Å². The molecule has 6 nitrogen and oxygen atoms in total. The molecule has 1 aromatic heterocycles. The van der Waals surface area contributed by atoms with Crippen LogP contribution in [0.4, 0.5) is 0 Å². The Morgan fingerprint density at radius 1 is 1.47 bits per heavy atom. The maximum atomic E-state index is 11.8. The van der Waals surface area contributed by atoms with E-state index in [4.69, 9.17) is 23.2 Å². The standard InChI is InChI=1S/C11H11Cl2N5O/c1-7(9-3-2-8(12)4-10(9)13)15-11(19)5-18-6-14-16-17-18/h2-4,6-7H,5H2,1H3,(H,15,19)/t7-/m1/s1. The summed E-state index contributed by atoms with van der Waals surface area (Å²) in [4.78, 5) is 11.8. The number of rotatable bonds is 4. The summed E-state index contributed by atoms with van der Waals surface area (Å²) in [6.07, 6.45) is 1.37. The van der Waals surface area contributed by atoms with Crippen LogP contribution in [-0.2, 0) is 11.3 Å². The molecule has 0 aliphatic carbocycles. The summed E-state index contributed by atoms with van der Waals surface area (Å²) in [7, 11) is 0. The normalized spacial score (nSPS) is 12.2. The van der Waals surface area contributed by atoms with Crippen molar-refractivity contribution in [1.29, 1.82) is 0 Å². The molecule has 2 rings (SSSR count). The van der Waals surface area contributed by atoms with E-state index in [1.54, 1.807) is 18.2 Å². The van der Waals surface area contributed by atoms with E-state index in [0.29, 0.717) is 10.0 Å². The van der Waals surface area contributed by atoms with Gasteiger partial charge in [-0.25, -0.2) is 4.68 Å². The van der Waals surface area contributed by atoms with E-state index in [0.717, 1.165) is 5.56 Å². The number of tetrazole rings is 1. The average Bonchev–Trinajstić information content (AvgIpc) is 2.81. The monoisotopic (exact) mass is 299 g/mol. The molecule has 1 amide bonds. The lowest BCUT2D eigenvalue weighted by atomic mass is 10.1. The Labute approximate surface area is 119 Å². The fraction of sp³-hybridized carbons (Fsp3) is 0.273. The first-order chi connectivity index (χ1) is 9.06. The van der Waals surface area contributed by atoms with E-state index in [1.165, 1.54) is 11.0 Å². The highest BCUT2D eigenvalue weighted by Gasteiger charge is 2.13. The van der Waals surface area contributed by atoms with E-state index < -0.39 is 0 Å². The zero-order valence-electron chi connectivity index (χ0n) is 10.0. The van der Waals surface area contributed by atoms with Crippen molar-refractivity contribution in [2.45, 2.75) is 19.5 Å². The number of hydrogen-bond acceptors (Lipinski definition) is 4. The molecular formula is C11H11Cl2N5O. The third-order valence-corrected chi connectivity index (χ3v) is 3.07. The van der Waals surface area contributed by atoms with Crippen LogP contribution in [0.1, 0.15) is 18.5 Å². The summed E-state index contributed by atoms with van der Waals surface area (Å²) >= 11 is 11.9. The van der Waals surface area contributed by atoms with Crippen LogP contribution in [0.15, 0.2) is 24.5 Å². The lowest BCUT2D eigenvalue weighted by Crippen LogP contribution is -2.30. The number of amides is 1. The quantitative estimate of drug-likeness (QED) is 0.935. The minimum atomic E-state index is -0.228. The van der Waals surface area contributed by atoms with Gasteiger partial charge < -0.3 is 5.32 Å². The molecule has 0 unspecified atom stereocenters. The molecule has 0 fully saturated rings. The smallest absolute Gasteiger partial charge is 0.242 e. The molecule has 0 aliphatic heterocycles. The predicted molar refractivity (Wildman–Crippen MR) is 70.8 cm³/mol. The van der Waals surface area contributed by atoms with Crippen molar-refractivity contribution in [2.75, 3.05) is 0 Å². The molecule has 100 valence electrons. The Morgan fingerprint density at radius 2 is 2.26 bits per heavy atom. The van der Waals surface area contributed by atoms with Crippen LogP contribution in [0.2, 0.25) is 10.0 Å². The summed E-state index contributed by atoms with van der Waals surface area (Å²) in [5.41, 5.74) is 0.802. The van der Waals surface area contributed by atoms with Gasteiger partial charge in [0.1, 0.15) is 12.9 Å². The molecule has 0 bridgehead atoms. The molecule has 1 N–H and O–H groups in total. The van der Waals surface area contributed by atoms with E-state index in [-0.39, 0.29) is 18.5 Å². The number of carbonyl (C=O) groups is 1. The number of carbonyl (C=O) groups excluding carboxylic acids is 1. The summed E-state index contributed by atoms with van der Waals surface area (Å²) in [6, 6.07) is 4.93. The van der Waals surface area contributed by atoms with Crippen molar-refractivity contribution in [1.82, 2.24) is 25.5 Å². The Morgan fingerprint density at radius 3 is 2.89 bits per heavy atom. The van der Waals surface area contributed by atoms with Crippen molar-refractivity contribution < 1.29 is 4.79 Å². The zero-order valence-corrected chi connectivity index (χ0v) is 11.6. The van der Waals surface area contributed by atoms with Crippen LogP contribution in [-0.4, -0.2) is 26.1 Å². The van der Waals surface area contributed by atoms with Gasteiger partial charge >= 0.3 is 0 Å².